The average Bonchev–Trinajstić information content (AvgIpc) is 3.23. The molecule has 0 bridgehead atoms. The summed E-state index contributed by atoms with van der Waals surface area (Å²) in [7, 11) is 0. The third-order valence-corrected chi connectivity index (χ3v) is 6.10. The number of aromatic nitrogens is 1. The predicted molar refractivity (Wildman–Crippen MR) is 131 cm³/mol. The van der Waals surface area contributed by atoms with Crippen molar-refractivity contribution in [1.82, 2.24) is 4.57 Å². The van der Waals surface area contributed by atoms with Crippen LogP contribution in [0.25, 0.3) is 10.9 Å². The van der Waals surface area contributed by atoms with Crippen LogP contribution in [0.15, 0.2) is 85.6 Å². The van der Waals surface area contributed by atoms with Crippen LogP contribution >= 0.6 is 0 Å². The minimum Gasteiger partial charge on any atom is -0.374 e. The van der Waals surface area contributed by atoms with Gasteiger partial charge in [0.1, 0.15) is 23.7 Å². The van der Waals surface area contributed by atoms with Crippen LogP contribution in [-0.2, 0) is 16.9 Å². The highest BCUT2D eigenvalue weighted by atomic mass is 19.3. The molecule has 9 heteroatoms. The monoisotopic (exact) mass is 493 g/mol. The van der Waals surface area contributed by atoms with Crippen molar-refractivity contribution in [3.8, 4) is 0 Å². The van der Waals surface area contributed by atoms with Gasteiger partial charge in [0.25, 0.3) is 0 Å². The largest absolute Gasteiger partial charge is 0.374 e. The second-order valence-electron chi connectivity index (χ2n) is 8.38. The molecule has 1 aromatic heterocycles. The number of alkyl halides is 2. The number of nitrogens with one attached hydrogen (secondary N) is 1. The number of hydrogen-bond acceptors (Lipinski definition) is 3. The molecule has 0 aliphatic heterocycles. The van der Waals surface area contributed by atoms with E-state index in [-0.39, 0.29) is 23.2 Å². The van der Waals surface area contributed by atoms with Gasteiger partial charge in [0.2, 0.25) is 5.91 Å². The minimum atomic E-state index is -3.84. The van der Waals surface area contributed by atoms with Crippen LogP contribution in [0.5, 0.6) is 0 Å². The van der Waals surface area contributed by atoms with Crippen molar-refractivity contribution < 1.29 is 28.4 Å². The Morgan fingerprint density at radius 1 is 1.14 bits per heavy atom. The summed E-state index contributed by atoms with van der Waals surface area (Å²) in [4.78, 5) is 11.6. The van der Waals surface area contributed by atoms with E-state index in [9.17, 15) is 14.3 Å². The number of fused-ring (bicyclic) bond motifs is 1. The van der Waals surface area contributed by atoms with Gasteiger partial charge in [-0.15, -0.1) is 0 Å². The number of primary amides is 1. The zero-order valence-electron chi connectivity index (χ0n) is 19.1. The highest BCUT2D eigenvalue weighted by Crippen LogP contribution is 2.47. The summed E-state index contributed by atoms with van der Waals surface area (Å²) in [5.41, 5.74) is 4.01. The lowest BCUT2D eigenvalue weighted by Crippen LogP contribution is -2.71. The van der Waals surface area contributed by atoms with E-state index in [1.54, 1.807) is 41.7 Å². The first kappa shape index (κ1) is 24.9. The summed E-state index contributed by atoms with van der Waals surface area (Å²) in [6.07, 6.45) is 2.65. The fraction of sp³-hybridized carbons (Fsp3) is 0.111. The van der Waals surface area contributed by atoms with Gasteiger partial charge in [0.05, 0.1) is 5.56 Å². The van der Waals surface area contributed by atoms with Crippen molar-refractivity contribution in [3.63, 3.8) is 0 Å². The number of amides is 1. The molecule has 0 spiro atoms. The first-order valence-corrected chi connectivity index (χ1v) is 11.0. The van der Waals surface area contributed by atoms with Gasteiger partial charge < -0.3 is 20.8 Å². The zero-order valence-corrected chi connectivity index (χ0v) is 19.1. The molecule has 1 heterocycles. The van der Waals surface area contributed by atoms with E-state index in [2.05, 4.69) is 6.58 Å². The molecule has 1 atom stereocenters. The standard InChI is InChI=1S/C27H23F3N4O2/c1-2-26(29,30)27(36,22-15-34(16-25(32)35)24-6-4-3-5-21(22)24)18-7-12-23(17(13-18)14-31)33-20-10-8-19(28)9-11-20/h2-15,31,33,36H,1,16H2,(H2,32,35)/p+1. The Morgan fingerprint density at radius 3 is 2.47 bits per heavy atom. The first-order valence-electron chi connectivity index (χ1n) is 11.0. The lowest BCUT2D eigenvalue weighted by Gasteiger charge is -2.35. The van der Waals surface area contributed by atoms with Crippen LogP contribution in [0.4, 0.5) is 24.5 Å². The van der Waals surface area contributed by atoms with Gasteiger partial charge in [-0.05, 0) is 42.0 Å². The highest BCUT2D eigenvalue weighted by Gasteiger charge is 2.54. The summed E-state index contributed by atoms with van der Waals surface area (Å²) in [5, 5.41) is 21.6. The smallest absolute Gasteiger partial charge is 0.302 e. The molecule has 6 nitrogen and oxygen atoms in total. The van der Waals surface area contributed by atoms with Gasteiger partial charge >= 0.3 is 5.92 Å². The van der Waals surface area contributed by atoms with E-state index in [1.165, 1.54) is 41.1 Å². The molecule has 36 heavy (non-hydrogen) atoms. The maximum absolute atomic E-state index is 15.5. The van der Waals surface area contributed by atoms with Crippen molar-refractivity contribution in [3.05, 3.63) is 108 Å². The Labute approximate surface area is 205 Å². The second kappa shape index (κ2) is 9.44. The molecule has 4 aromatic rings. The van der Waals surface area contributed by atoms with E-state index in [0.29, 0.717) is 28.4 Å². The lowest BCUT2D eigenvalue weighted by molar-refractivity contribution is -0.478. The number of carbonyl (C=O) groups is 1. The fourth-order valence-corrected chi connectivity index (χ4v) is 4.30. The molecule has 1 unspecified atom stereocenters. The number of nitrogens with zero attached hydrogens (tertiary/aromatic N) is 1. The second-order valence-corrected chi connectivity index (χ2v) is 8.38. The highest BCUT2D eigenvalue weighted by molar-refractivity contribution is 5.88. The molecule has 0 saturated heterocycles. The Morgan fingerprint density at radius 2 is 1.83 bits per heavy atom. The van der Waals surface area contributed by atoms with Crippen LogP contribution < -0.4 is 11.1 Å². The number of aliphatic hydroxyl groups is 1. The molecule has 0 saturated carbocycles. The SMILES string of the molecule is C=CC(F)(F)C(O)(c1ccc([NH2+]c2ccc(F)cc2)c(C=N)c1)c1cn(CC(N)=O)c2ccccc12. The normalized spacial score (nSPS) is 13.3. The van der Waals surface area contributed by atoms with Crippen LogP contribution in [0.2, 0.25) is 0 Å². The van der Waals surface area contributed by atoms with Gasteiger partial charge in [-0.25, -0.2) is 4.39 Å². The van der Waals surface area contributed by atoms with Crippen molar-refractivity contribution in [2.75, 3.05) is 0 Å². The molecule has 1 amide bonds. The maximum Gasteiger partial charge on any atom is 0.302 e. The number of carbonyl (C=O) groups excluding carboxylic acids is 1. The average molecular weight is 494 g/mol. The Hall–Kier alpha value is -4.21. The third kappa shape index (κ3) is 4.30. The molecule has 3 aromatic carbocycles. The molecule has 184 valence electrons. The van der Waals surface area contributed by atoms with Gasteiger partial charge in [0, 0.05) is 47.1 Å². The zero-order chi connectivity index (χ0) is 26.1. The topological polar surface area (TPSA) is 109 Å². The summed E-state index contributed by atoms with van der Waals surface area (Å²) in [6.45, 7) is 2.96. The number of quaternary nitrogens is 1. The molecule has 6 N–H and O–H groups in total. The van der Waals surface area contributed by atoms with E-state index in [0.717, 1.165) is 6.21 Å². The van der Waals surface area contributed by atoms with Gasteiger partial charge in [-0.1, -0.05) is 24.8 Å². The third-order valence-electron chi connectivity index (χ3n) is 6.10. The van der Waals surface area contributed by atoms with Crippen LogP contribution in [0, 0.1) is 11.2 Å². The Kier molecular flexibility index (Phi) is 6.53. The number of benzene rings is 3. The minimum absolute atomic E-state index is 0.143. The van der Waals surface area contributed by atoms with E-state index < -0.39 is 23.2 Å². The molecule has 4 rings (SSSR count). The van der Waals surface area contributed by atoms with Gasteiger partial charge in [-0.2, -0.15) is 8.78 Å². The van der Waals surface area contributed by atoms with Crippen LogP contribution in [0.1, 0.15) is 16.7 Å². The Balaban J connectivity index is 1.91. The molecular weight excluding hydrogens is 469 g/mol. The summed E-state index contributed by atoms with van der Waals surface area (Å²) in [5.74, 6) is -4.91. The molecule has 0 aliphatic carbocycles. The Bertz CT molecular complexity index is 1460. The first-order chi connectivity index (χ1) is 17.1. The van der Waals surface area contributed by atoms with E-state index in [4.69, 9.17) is 11.1 Å². The van der Waals surface area contributed by atoms with Crippen molar-refractivity contribution in [1.29, 1.82) is 5.41 Å². The number of halogens is 3. The van der Waals surface area contributed by atoms with Gasteiger partial charge in [0.15, 0.2) is 5.60 Å². The van der Waals surface area contributed by atoms with Crippen molar-refractivity contribution in [2.45, 2.75) is 18.1 Å². The van der Waals surface area contributed by atoms with E-state index in [1.807, 2.05) is 0 Å². The molecule has 0 fully saturated rings. The number of para-hydroxylation sites is 1. The fourth-order valence-electron chi connectivity index (χ4n) is 4.30. The predicted octanol–water partition coefficient (Wildman–Crippen LogP) is 3.85. The summed E-state index contributed by atoms with van der Waals surface area (Å²) in [6, 6.07) is 16.4. The molecule has 0 aliphatic rings. The number of nitrogens with two attached hydrogens (primary N) is 2. The van der Waals surface area contributed by atoms with Crippen molar-refractivity contribution in [2.24, 2.45) is 5.73 Å². The summed E-state index contributed by atoms with van der Waals surface area (Å²) >= 11 is 0. The number of rotatable bonds is 9. The quantitative estimate of drug-likeness (QED) is 0.161. The van der Waals surface area contributed by atoms with Gasteiger partial charge in [-0.3, -0.25) is 10.1 Å². The maximum atomic E-state index is 15.5. The van der Waals surface area contributed by atoms with E-state index >= 15 is 8.78 Å². The van der Waals surface area contributed by atoms with Crippen molar-refractivity contribution >= 4 is 34.4 Å². The molecule has 0 radical (unpaired) electrons. The lowest BCUT2D eigenvalue weighted by atomic mass is 9.80. The van der Waals surface area contributed by atoms with Crippen LogP contribution in [-0.4, -0.2) is 27.7 Å². The summed E-state index contributed by atoms with van der Waals surface area (Å²) < 4.78 is 45.7. The molecular formula is C27H24F3N4O2+. The number of hydrogen-bond donors (Lipinski definition) is 4. The van der Waals surface area contributed by atoms with Crippen LogP contribution in [0.3, 0.4) is 0 Å².